The molecule has 3 rings (SSSR count). The molecule has 0 spiro atoms. The lowest BCUT2D eigenvalue weighted by Crippen LogP contribution is -2.03. The minimum Gasteiger partial charge on any atom is -0.494 e. The van der Waals surface area contributed by atoms with Gasteiger partial charge >= 0.3 is 11.7 Å². The summed E-state index contributed by atoms with van der Waals surface area (Å²) in [5, 5.41) is 11.5. The number of fused-ring (bicyclic) bond motifs is 1. The third-order valence-electron chi connectivity index (χ3n) is 3.42. The quantitative estimate of drug-likeness (QED) is 0.491. The molecule has 0 saturated heterocycles. The van der Waals surface area contributed by atoms with Crippen molar-refractivity contribution in [1.29, 1.82) is 0 Å². The van der Waals surface area contributed by atoms with E-state index >= 15 is 0 Å². The standard InChI is InChI=1S/C17H13NO5/c1-2-22-12-9-7-11(8-10-12)15(18(20)21)16-13-5-3-4-6-14(13)17(19)23-16/h3-10H,2H2,1H3. The van der Waals surface area contributed by atoms with Gasteiger partial charge in [-0.1, -0.05) is 18.2 Å². The summed E-state index contributed by atoms with van der Waals surface area (Å²) in [4.78, 5) is 22.9. The average molecular weight is 311 g/mol. The highest BCUT2D eigenvalue weighted by Gasteiger charge is 2.34. The molecule has 0 aromatic heterocycles. The second-order valence-corrected chi connectivity index (χ2v) is 4.83. The molecule has 1 heterocycles. The number of nitro groups is 1. The van der Waals surface area contributed by atoms with Gasteiger partial charge in [0.1, 0.15) is 5.75 Å². The van der Waals surface area contributed by atoms with Crippen LogP contribution in [0.5, 0.6) is 5.75 Å². The molecular weight excluding hydrogens is 298 g/mol. The van der Waals surface area contributed by atoms with Crippen molar-refractivity contribution in [1.82, 2.24) is 0 Å². The molecule has 0 atom stereocenters. The maximum atomic E-state index is 11.9. The third kappa shape index (κ3) is 2.66. The van der Waals surface area contributed by atoms with Gasteiger partial charge in [0.25, 0.3) is 0 Å². The van der Waals surface area contributed by atoms with Crippen LogP contribution in [0.2, 0.25) is 0 Å². The highest BCUT2D eigenvalue weighted by Crippen LogP contribution is 2.36. The van der Waals surface area contributed by atoms with Crippen molar-refractivity contribution in [3.05, 3.63) is 75.3 Å². The Labute approximate surface area is 132 Å². The Bertz CT molecular complexity index is 808. The molecule has 2 aromatic carbocycles. The molecular formula is C17H13NO5. The summed E-state index contributed by atoms with van der Waals surface area (Å²) in [6.45, 7) is 2.36. The molecule has 0 unspecified atom stereocenters. The Morgan fingerprint density at radius 2 is 1.78 bits per heavy atom. The Hall–Kier alpha value is -3.15. The SMILES string of the molecule is CCOc1ccc(C(=C2OC(=O)c3ccccc32)[N+](=O)[O-])cc1. The van der Waals surface area contributed by atoms with Crippen LogP contribution in [0.4, 0.5) is 0 Å². The normalized spacial score (nSPS) is 14.9. The predicted molar refractivity (Wildman–Crippen MR) is 83.3 cm³/mol. The molecule has 23 heavy (non-hydrogen) atoms. The molecule has 0 N–H and O–H groups in total. The van der Waals surface area contributed by atoms with Gasteiger partial charge in [-0.3, -0.25) is 10.1 Å². The molecule has 2 aromatic rings. The Morgan fingerprint density at radius 3 is 2.39 bits per heavy atom. The summed E-state index contributed by atoms with van der Waals surface area (Å²) in [6, 6.07) is 13.0. The summed E-state index contributed by atoms with van der Waals surface area (Å²) in [5.74, 6) is 0.00779. The van der Waals surface area contributed by atoms with Crippen molar-refractivity contribution in [2.45, 2.75) is 6.92 Å². The highest BCUT2D eigenvalue weighted by atomic mass is 16.6. The first kappa shape index (κ1) is 14.8. The van der Waals surface area contributed by atoms with Crippen molar-refractivity contribution in [2.24, 2.45) is 0 Å². The number of esters is 1. The summed E-state index contributed by atoms with van der Waals surface area (Å²) in [7, 11) is 0. The lowest BCUT2D eigenvalue weighted by molar-refractivity contribution is -0.375. The van der Waals surface area contributed by atoms with Gasteiger partial charge in [0.2, 0.25) is 5.76 Å². The fourth-order valence-electron chi connectivity index (χ4n) is 2.43. The van der Waals surface area contributed by atoms with Crippen molar-refractivity contribution in [2.75, 3.05) is 6.61 Å². The van der Waals surface area contributed by atoms with Gasteiger partial charge in [-0.25, -0.2) is 4.79 Å². The first-order valence-electron chi connectivity index (χ1n) is 7.05. The van der Waals surface area contributed by atoms with Crippen LogP contribution in [-0.2, 0) is 4.74 Å². The molecule has 1 aliphatic rings. The first-order valence-corrected chi connectivity index (χ1v) is 7.05. The van der Waals surface area contributed by atoms with Crippen LogP contribution in [-0.4, -0.2) is 17.5 Å². The van der Waals surface area contributed by atoms with Crippen LogP contribution in [0.15, 0.2) is 48.5 Å². The van der Waals surface area contributed by atoms with Crippen LogP contribution in [0.1, 0.15) is 28.4 Å². The van der Waals surface area contributed by atoms with E-state index in [1.54, 1.807) is 48.5 Å². The minimum absolute atomic E-state index is 0.0280. The maximum absolute atomic E-state index is 11.9. The van der Waals surface area contributed by atoms with Gasteiger partial charge in [-0.05, 0) is 37.3 Å². The number of cyclic esters (lactones) is 1. The molecule has 0 aliphatic carbocycles. The van der Waals surface area contributed by atoms with Crippen LogP contribution in [0.3, 0.4) is 0 Å². The zero-order valence-electron chi connectivity index (χ0n) is 12.3. The number of hydrogen-bond donors (Lipinski definition) is 0. The number of nitrogens with zero attached hydrogens (tertiary/aromatic N) is 1. The number of carbonyl (C=O) groups excluding carboxylic acids is 1. The topological polar surface area (TPSA) is 78.7 Å². The van der Waals surface area contributed by atoms with Crippen LogP contribution >= 0.6 is 0 Å². The van der Waals surface area contributed by atoms with E-state index in [-0.39, 0.29) is 11.5 Å². The van der Waals surface area contributed by atoms with Crippen LogP contribution in [0, 0.1) is 10.1 Å². The van der Waals surface area contributed by atoms with E-state index in [9.17, 15) is 14.9 Å². The van der Waals surface area contributed by atoms with Crippen LogP contribution < -0.4 is 4.74 Å². The number of rotatable bonds is 4. The van der Waals surface area contributed by atoms with E-state index in [4.69, 9.17) is 9.47 Å². The second-order valence-electron chi connectivity index (χ2n) is 4.83. The van der Waals surface area contributed by atoms with E-state index < -0.39 is 10.9 Å². The number of benzene rings is 2. The Balaban J connectivity index is 2.13. The molecule has 1 aliphatic heterocycles. The minimum atomic E-state index is -0.583. The van der Waals surface area contributed by atoms with Gasteiger partial charge in [-0.15, -0.1) is 0 Å². The fraction of sp³-hybridized carbons (Fsp3) is 0.118. The third-order valence-corrected chi connectivity index (χ3v) is 3.42. The van der Waals surface area contributed by atoms with Crippen molar-refractivity contribution < 1.29 is 19.2 Å². The van der Waals surface area contributed by atoms with E-state index in [1.807, 2.05) is 6.92 Å². The lowest BCUT2D eigenvalue weighted by atomic mass is 10.0. The van der Waals surface area contributed by atoms with Crippen LogP contribution in [0.25, 0.3) is 11.5 Å². The van der Waals surface area contributed by atoms with Gasteiger partial charge < -0.3 is 9.47 Å². The molecule has 0 amide bonds. The van der Waals surface area contributed by atoms with Gasteiger partial charge in [0, 0.05) is 5.56 Å². The average Bonchev–Trinajstić information content (AvgIpc) is 2.87. The monoisotopic (exact) mass is 311 g/mol. The van der Waals surface area contributed by atoms with E-state index in [0.29, 0.717) is 29.0 Å². The summed E-state index contributed by atoms with van der Waals surface area (Å²) >= 11 is 0. The van der Waals surface area contributed by atoms with Gasteiger partial charge in [0.15, 0.2) is 0 Å². The number of carbonyl (C=O) groups is 1. The van der Waals surface area contributed by atoms with E-state index in [0.717, 1.165) is 0 Å². The first-order chi connectivity index (χ1) is 11.1. The van der Waals surface area contributed by atoms with E-state index in [1.165, 1.54) is 0 Å². The predicted octanol–water partition coefficient (Wildman–Crippen LogP) is 3.36. The largest absolute Gasteiger partial charge is 0.494 e. The number of ether oxygens (including phenoxy) is 2. The molecule has 0 fully saturated rings. The molecule has 0 saturated carbocycles. The molecule has 6 heteroatoms. The molecule has 0 radical (unpaired) electrons. The fourth-order valence-corrected chi connectivity index (χ4v) is 2.43. The lowest BCUT2D eigenvalue weighted by Gasteiger charge is -2.05. The van der Waals surface area contributed by atoms with Crippen molar-refractivity contribution in [3.8, 4) is 5.75 Å². The summed E-state index contributed by atoms with van der Waals surface area (Å²) in [5.41, 5.74) is 0.857. The van der Waals surface area contributed by atoms with Crippen molar-refractivity contribution >= 4 is 17.4 Å². The smallest absolute Gasteiger partial charge is 0.344 e. The molecule has 0 bridgehead atoms. The summed E-state index contributed by atoms with van der Waals surface area (Å²) in [6.07, 6.45) is 0. The maximum Gasteiger partial charge on any atom is 0.344 e. The Morgan fingerprint density at radius 1 is 1.13 bits per heavy atom. The van der Waals surface area contributed by atoms with Gasteiger partial charge in [-0.2, -0.15) is 0 Å². The zero-order valence-corrected chi connectivity index (χ0v) is 12.3. The van der Waals surface area contributed by atoms with Crippen molar-refractivity contribution in [3.63, 3.8) is 0 Å². The number of hydrogen-bond acceptors (Lipinski definition) is 5. The summed E-state index contributed by atoms with van der Waals surface area (Å²) < 4.78 is 10.5. The zero-order chi connectivity index (χ0) is 16.4. The highest BCUT2D eigenvalue weighted by molar-refractivity contribution is 6.06. The second kappa shape index (κ2) is 5.92. The van der Waals surface area contributed by atoms with Gasteiger partial charge in [0.05, 0.1) is 22.7 Å². The molecule has 116 valence electrons. The molecule has 6 nitrogen and oxygen atoms in total. The Kier molecular flexibility index (Phi) is 3.80. The van der Waals surface area contributed by atoms with E-state index in [2.05, 4.69) is 0 Å².